The molecule has 4 rings (SSSR count). The van der Waals surface area contributed by atoms with Gasteiger partial charge in [0, 0.05) is 45.3 Å². The van der Waals surface area contributed by atoms with Crippen LogP contribution in [-0.4, -0.2) is 64.6 Å². The lowest BCUT2D eigenvalue weighted by Gasteiger charge is -2.36. The topological polar surface area (TPSA) is 82.5 Å². The van der Waals surface area contributed by atoms with Crippen LogP contribution in [0.3, 0.4) is 0 Å². The molecule has 0 N–H and O–H groups in total. The third-order valence-electron chi connectivity index (χ3n) is 5.07. The Morgan fingerprint density at radius 2 is 2.07 bits per heavy atom. The van der Waals surface area contributed by atoms with Crippen molar-refractivity contribution in [2.45, 2.75) is 19.8 Å². The Kier molecular flexibility index (Phi) is 5.02. The maximum absolute atomic E-state index is 12.9. The van der Waals surface area contributed by atoms with Gasteiger partial charge in [-0.1, -0.05) is 18.3 Å². The Morgan fingerprint density at radius 1 is 1.26 bits per heavy atom. The Labute approximate surface area is 161 Å². The fraction of sp³-hybridized carbons (Fsp3) is 0.500. The molecule has 2 amide bonds. The van der Waals surface area contributed by atoms with E-state index in [9.17, 15) is 9.59 Å². The second-order valence-corrected chi connectivity index (χ2v) is 7.80. The summed E-state index contributed by atoms with van der Waals surface area (Å²) < 4.78 is 0. The molecule has 1 unspecified atom stereocenters. The Morgan fingerprint density at radius 3 is 2.74 bits per heavy atom. The minimum Gasteiger partial charge on any atom is -0.367 e. The summed E-state index contributed by atoms with van der Waals surface area (Å²) >= 11 is 1.43. The molecule has 2 fully saturated rings. The van der Waals surface area contributed by atoms with E-state index in [4.69, 9.17) is 0 Å². The standard InChI is InChI=1S/C18H22N6O2S/c1-2-15-20-21-18(27-15)24-12-13(10-16(24)25)17(26)23-8-6-22(7-9-23)14-4-3-5-19-11-14/h3-5,11,13H,2,6-10,12H2,1H3. The molecule has 0 radical (unpaired) electrons. The highest BCUT2D eigenvalue weighted by molar-refractivity contribution is 7.15. The van der Waals surface area contributed by atoms with Gasteiger partial charge in [-0.25, -0.2) is 0 Å². The molecule has 0 spiro atoms. The molecule has 0 saturated carbocycles. The van der Waals surface area contributed by atoms with Crippen LogP contribution < -0.4 is 9.80 Å². The van der Waals surface area contributed by atoms with Crippen molar-refractivity contribution in [1.82, 2.24) is 20.1 Å². The van der Waals surface area contributed by atoms with Gasteiger partial charge >= 0.3 is 0 Å². The number of hydrogen-bond donors (Lipinski definition) is 0. The van der Waals surface area contributed by atoms with Crippen molar-refractivity contribution in [2.75, 3.05) is 42.5 Å². The number of carbonyl (C=O) groups is 2. The predicted octanol–water partition coefficient (Wildman–Crippen LogP) is 1.20. The second kappa shape index (κ2) is 7.59. The van der Waals surface area contributed by atoms with Gasteiger partial charge in [-0.15, -0.1) is 10.2 Å². The molecule has 142 valence electrons. The van der Waals surface area contributed by atoms with Crippen molar-refractivity contribution in [3.63, 3.8) is 0 Å². The van der Waals surface area contributed by atoms with E-state index < -0.39 is 0 Å². The van der Waals surface area contributed by atoms with Crippen molar-refractivity contribution >= 4 is 34.0 Å². The van der Waals surface area contributed by atoms with Crippen molar-refractivity contribution in [1.29, 1.82) is 0 Å². The molecule has 2 aliphatic rings. The van der Waals surface area contributed by atoms with Gasteiger partial charge in [0.15, 0.2) is 0 Å². The summed E-state index contributed by atoms with van der Waals surface area (Å²) in [7, 11) is 0. The first-order valence-corrected chi connectivity index (χ1v) is 10.0. The van der Waals surface area contributed by atoms with E-state index in [1.807, 2.05) is 30.2 Å². The summed E-state index contributed by atoms with van der Waals surface area (Å²) in [6.45, 7) is 5.29. The molecule has 1 atom stereocenters. The van der Waals surface area contributed by atoms with Crippen LogP contribution in [0.1, 0.15) is 18.4 Å². The highest BCUT2D eigenvalue weighted by Crippen LogP contribution is 2.29. The molecule has 27 heavy (non-hydrogen) atoms. The minimum absolute atomic E-state index is 0.0406. The van der Waals surface area contributed by atoms with Gasteiger partial charge < -0.3 is 9.80 Å². The zero-order chi connectivity index (χ0) is 18.8. The molecule has 2 aromatic rings. The number of carbonyl (C=O) groups excluding carboxylic acids is 2. The van der Waals surface area contributed by atoms with Gasteiger partial charge in [0.05, 0.1) is 17.8 Å². The molecular weight excluding hydrogens is 364 g/mol. The Balaban J connectivity index is 1.36. The molecule has 4 heterocycles. The molecule has 2 aliphatic heterocycles. The van der Waals surface area contributed by atoms with E-state index in [0.717, 1.165) is 30.2 Å². The fourth-order valence-corrected chi connectivity index (χ4v) is 4.34. The lowest BCUT2D eigenvalue weighted by molar-refractivity contribution is -0.136. The van der Waals surface area contributed by atoms with E-state index >= 15 is 0 Å². The van der Waals surface area contributed by atoms with Crippen LogP contribution in [0.4, 0.5) is 10.8 Å². The number of aromatic nitrogens is 3. The maximum Gasteiger partial charge on any atom is 0.229 e. The highest BCUT2D eigenvalue weighted by Gasteiger charge is 2.39. The largest absolute Gasteiger partial charge is 0.367 e. The van der Waals surface area contributed by atoms with Crippen molar-refractivity contribution in [2.24, 2.45) is 5.92 Å². The number of nitrogens with zero attached hydrogens (tertiary/aromatic N) is 6. The molecule has 0 bridgehead atoms. The van der Waals surface area contributed by atoms with Crippen LogP contribution in [0, 0.1) is 5.92 Å². The molecular formula is C18H22N6O2S. The van der Waals surface area contributed by atoms with Crippen LogP contribution in [0.25, 0.3) is 0 Å². The third kappa shape index (κ3) is 3.64. The number of aryl methyl sites for hydroxylation is 1. The van der Waals surface area contributed by atoms with Crippen molar-refractivity contribution in [3.8, 4) is 0 Å². The van der Waals surface area contributed by atoms with Gasteiger partial charge in [0.1, 0.15) is 5.01 Å². The van der Waals surface area contributed by atoms with Gasteiger partial charge in [0.25, 0.3) is 0 Å². The summed E-state index contributed by atoms with van der Waals surface area (Å²) in [5.41, 5.74) is 1.08. The number of piperazine rings is 1. The van der Waals surface area contributed by atoms with E-state index in [0.29, 0.717) is 24.8 Å². The lowest BCUT2D eigenvalue weighted by Crippen LogP contribution is -2.50. The first-order valence-electron chi connectivity index (χ1n) is 9.22. The van der Waals surface area contributed by atoms with Gasteiger partial charge in [-0.05, 0) is 18.6 Å². The SMILES string of the molecule is CCc1nnc(N2CC(C(=O)N3CCN(c4cccnc4)CC3)CC2=O)s1. The summed E-state index contributed by atoms with van der Waals surface area (Å²) in [6.07, 6.45) is 4.65. The minimum atomic E-state index is -0.295. The Bertz CT molecular complexity index is 818. The van der Waals surface area contributed by atoms with Crippen LogP contribution in [0.15, 0.2) is 24.5 Å². The molecule has 0 aliphatic carbocycles. The average Bonchev–Trinajstić information content (AvgIpc) is 3.34. The quantitative estimate of drug-likeness (QED) is 0.785. The van der Waals surface area contributed by atoms with E-state index in [1.54, 1.807) is 11.1 Å². The van der Waals surface area contributed by atoms with Gasteiger partial charge in [-0.3, -0.25) is 19.5 Å². The van der Waals surface area contributed by atoms with Crippen LogP contribution in [0.2, 0.25) is 0 Å². The fourth-order valence-electron chi connectivity index (χ4n) is 3.54. The predicted molar refractivity (Wildman–Crippen MR) is 103 cm³/mol. The monoisotopic (exact) mass is 386 g/mol. The molecule has 9 heteroatoms. The third-order valence-corrected chi connectivity index (χ3v) is 6.16. The number of rotatable bonds is 4. The Hall–Kier alpha value is -2.55. The van der Waals surface area contributed by atoms with Gasteiger partial charge in [-0.2, -0.15) is 0 Å². The van der Waals surface area contributed by atoms with Crippen molar-refractivity contribution in [3.05, 3.63) is 29.5 Å². The summed E-state index contributed by atoms with van der Waals surface area (Å²) in [4.78, 5) is 35.2. The number of anilines is 2. The number of hydrogen-bond acceptors (Lipinski definition) is 7. The first-order chi connectivity index (χ1) is 13.2. The number of pyridine rings is 1. The van der Waals surface area contributed by atoms with Crippen LogP contribution in [-0.2, 0) is 16.0 Å². The smallest absolute Gasteiger partial charge is 0.229 e. The summed E-state index contributed by atoms with van der Waals surface area (Å²) in [5, 5.41) is 9.69. The van der Waals surface area contributed by atoms with E-state index in [-0.39, 0.29) is 24.2 Å². The molecule has 2 aromatic heterocycles. The number of amides is 2. The molecule has 0 aromatic carbocycles. The summed E-state index contributed by atoms with van der Waals surface area (Å²) in [6, 6.07) is 3.95. The average molecular weight is 386 g/mol. The van der Waals surface area contributed by atoms with E-state index in [1.165, 1.54) is 11.3 Å². The van der Waals surface area contributed by atoms with Crippen LogP contribution in [0.5, 0.6) is 0 Å². The zero-order valence-corrected chi connectivity index (χ0v) is 16.1. The molecule has 2 saturated heterocycles. The summed E-state index contributed by atoms with van der Waals surface area (Å²) in [5.74, 6) is -0.269. The van der Waals surface area contributed by atoms with Gasteiger partial charge in [0.2, 0.25) is 16.9 Å². The van der Waals surface area contributed by atoms with Crippen molar-refractivity contribution < 1.29 is 9.59 Å². The normalized spacial score (nSPS) is 20.4. The highest BCUT2D eigenvalue weighted by atomic mass is 32.1. The van der Waals surface area contributed by atoms with E-state index in [2.05, 4.69) is 20.1 Å². The maximum atomic E-state index is 12.9. The first kappa shape index (κ1) is 17.8. The lowest BCUT2D eigenvalue weighted by atomic mass is 10.1. The van der Waals surface area contributed by atoms with Crippen LogP contribution >= 0.6 is 11.3 Å². The molecule has 8 nitrogen and oxygen atoms in total. The zero-order valence-electron chi connectivity index (χ0n) is 15.2. The second-order valence-electron chi connectivity index (χ2n) is 6.76.